The van der Waals surface area contributed by atoms with Crippen LogP contribution in [0.25, 0.3) is 0 Å². The second-order valence-corrected chi connectivity index (χ2v) is 64.5. The number of rotatable bonds is 14. The van der Waals surface area contributed by atoms with Crippen molar-refractivity contribution in [1.29, 1.82) is 0 Å². The van der Waals surface area contributed by atoms with E-state index < -0.39 is 120 Å². The fourth-order valence-electron chi connectivity index (χ4n) is 10.5. The summed E-state index contributed by atoms with van der Waals surface area (Å²) in [4.78, 5) is 79.4. The van der Waals surface area contributed by atoms with Crippen molar-refractivity contribution in [3.8, 4) is 0 Å². The number of anilines is 1. The summed E-state index contributed by atoms with van der Waals surface area (Å²) in [6.07, 6.45) is 3.56. The number of carboxylic acids is 1. The van der Waals surface area contributed by atoms with Crippen LogP contribution in [0.3, 0.4) is 0 Å². The van der Waals surface area contributed by atoms with Gasteiger partial charge in [-0.25, -0.2) is 59.0 Å². The first kappa shape index (κ1) is 99.0. The van der Waals surface area contributed by atoms with Crippen LogP contribution in [0, 0.1) is 6.92 Å². The average Bonchev–Trinajstić information content (AvgIpc) is 1.73. The van der Waals surface area contributed by atoms with Crippen molar-refractivity contribution in [1.82, 2.24) is 39.9 Å². The Hall–Kier alpha value is -2.58. The van der Waals surface area contributed by atoms with Gasteiger partial charge in [-0.05, 0) is 87.4 Å². The van der Waals surface area contributed by atoms with E-state index in [4.69, 9.17) is 73.2 Å². The molecule has 43 heteroatoms. The quantitative estimate of drug-likeness (QED) is 0.0126. The summed E-state index contributed by atoms with van der Waals surface area (Å²) in [6.45, 7) is 16.3. The van der Waals surface area contributed by atoms with Gasteiger partial charge in [0.25, 0.3) is 0 Å². The van der Waals surface area contributed by atoms with E-state index in [0.29, 0.717) is 47.2 Å². The number of ether oxygens (including phenoxy) is 11. The average molecular weight is 2240 g/mol. The third kappa shape index (κ3) is 30.9. The fraction of sp³-hybridized carbons (Fsp3) is 0.515. The molecule has 6 aromatic rings. The Balaban J connectivity index is 0.000000241. The van der Waals surface area contributed by atoms with Gasteiger partial charge < -0.3 is 101 Å². The molecule has 14 rings (SSSR count). The molecule has 32 nitrogen and oxygen atoms in total. The van der Waals surface area contributed by atoms with E-state index in [1.54, 1.807) is 6.26 Å². The zero-order valence-electron chi connectivity index (χ0n) is 61.0. The maximum absolute atomic E-state index is 12.6. The summed E-state index contributed by atoms with van der Waals surface area (Å²) in [7, 11) is -1.41. The van der Waals surface area contributed by atoms with Gasteiger partial charge in [0.05, 0.1) is 81.5 Å². The first-order chi connectivity index (χ1) is 53.2. The van der Waals surface area contributed by atoms with E-state index in [1.807, 2.05) is 102 Å². The number of esters is 3. The number of carbonyl (C=O) groups excluding carboxylic acids is 3. The number of nitrogens with zero attached hydrogens (tertiary/aromatic N) is 8. The van der Waals surface area contributed by atoms with Gasteiger partial charge in [0.15, 0.2) is 51.4 Å². The molecule has 0 spiro atoms. The zero-order chi connectivity index (χ0) is 82.0. The summed E-state index contributed by atoms with van der Waals surface area (Å²) >= 11 is 22.8. The van der Waals surface area contributed by atoms with Crippen LogP contribution in [0.1, 0.15) is 94.1 Å². The van der Waals surface area contributed by atoms with E-state index in [1.165, 1.54) is 60.1 Å². The summed E-state index contributed by atoms with van der Waals surface area (Å²) in [5.74, 6) is -2.60. The zero-order valence-corrected chi connectivity index (χ0v) is 77.7. The van der Waals surface area contributed by atoms with Crippen molar-refractivity contribution in [2.75, 3.05) is 76.9 Å². The molecule has 12 heterocycles. The van der Waals surface area contributed by atoms with Gasteiger partial charge in [-0.1, -0.05) is 119 Å². The van der Waals surface area contributed by atoms with Gasteiger partial charge >= 0.3 is 88.7 Å². The first-order valence-corrected chi connectivity index (χ1v) is 54.7. The van der Waals surface area contributed by atoms with Gasteiger partial charge in [-0.2, -0.15) is 6.42 Å². The molecule has 4 aromatic heterocycles. The second-order valence-electron chi connectivity index (χ2n) is 22.9. The number of carbonyl (C=O) groups is 4. The normalized spacial score (nSPS) is 25.8. The van der Waals surface area contributed by atoms with E-state index in [0.717, 1.165) is 12.0 Å². The van der Waals surface area contributed by atoms with Crippen molar-refractivity contribution >= 4 is 188 Å². The molecular weight excluding hydrogens is 2160 g/mol. The number of hydrogen-bond acceptors (Lipinski definition) is 33. The Morgan fingerprint density at radius 3 is 1.16 bits per heavy atom. The molecule has 8 aliphatic rings. The Bertz CT molecular complexity index is 3860. The Labute approximate surface area is 725 Å². The van der Waals surface area contributed by atoms with E-state index in [9.17, 15) is 38.7 Å². The van der Waals surface area contributed by atoms with Gasteiger partial charge in [0.2, 0.25) is 11.1 Å². The van der Waals surface area contributed by atoms with Gasteiger partial charge in [-0.3, -0.25) is 4.21 Å². The number of nitrogens with two attached hydrogens (primary N) is 1. The SMILES string of the molecule is CC.CC.CS(=O)c1ncc(Br)c(C(=O)O[C@H]2CO[C@H]3[C@@H]2OC[C@@H]3O)n1.CSc1ncc(Br)c(C(=O)O)n1.CSc1ncc(Br)c(C(=O)O[C@H]2CO[C@H]3[C@@H]2OC[C@@H]3O)n1.NCc1ccccc1.O=C(O[C@H]1CO[C@H]2[C@@H]1OC[C@@H]2O)c1nc(NCc2ccccc2)ncc1Br.O[C@@H]1CO[C@H]2[C@@H]1OC[C@@H]2O.[CH2-]CC.[I][V]([I])[I]. The maximum atomic E-state index is 12.6. The molecule has 0 bridgehead atoms. The van der Waals surface area contributed by atoms with Crippen LogP contribution in [0.15, 0.2) is 119 Å². The van der Waals surface area contributed by atoms with Crippen LogP contribution in [-0.4, -0.2) is 268 Å². The molecule has 111 heavy (non-hydrogen) atoms. The predicted molar refractivity (Wildman–Crippen MR) is 446 cm³/mol. The van der Waals surface area contributed by atoms with Gasteiger partial charge in [0.1, 0.15) is 79.4 Å². The van der Waals surface area contributed by atoms with Crippen LogP contribution in [0.4, 0.5) is 5.95 Å². The minimum absolute atomic E-state index is 0.00523. The molecule has 9 N–H and O–H groups in total. The Kier molecular flexibility index (Phi) is 46.7. The molecular formula is C68H87Br4I3N10O22S3V-. The number of carboxylic acid groups (broad SMARTS) is 1. The number of halogens is 7. The number of thioether (sulfide) groups is 2. The number of fused-ring (bicyclic) bond motifs is 4. The molecule has 8 saturated heterocycles. The van der Waals surface area contributed by atoms with Crippen molar-refractivity contribution < 1.29 is 111 Å². The number of hydrogen-bond donors (Lipinski definition) is 8. The number of aromatic nitrogens is 8. The summed E-state index contributed by atoms with van der Waals surface area (Å²) < 4.78 is 72.0. The molecule has 8 fully saturated rings. The molecule has 17 atom stereocenters. The minimum atomic E-state index is -1.41. The second kappa shape index (κ2) is 52.4. The monoisotopic (exact) mass is 2240 g/mol. The predicted octanol–water partition coefficient (Wildman–Crippen LogP) is 9.09. The number of aliphatic hydroxyl groups is 5. The number of aromatic carboxylic acids is 1. The number of nitrogens with one attached hydrogen (secondary N) is 1. The summed E-state index contributed by atoms with van der Waals surface area (Å²) in [6, 6.07) is 19.8. The van der Waals surface area contributed by atoms with Crippen LogP contribution in [0.5, 0.6) is 0 Å². The standard InChI is InChI=1S/C18H18BrN3O5.C12H13BrN2O6S.C12H13BrN2O5S.C7H9N.C6H5BrN2O2S.C6H10O4.C3H7.2C2H6.3HI.V/c19-11-7-21-18(20-6-10-4-2-1-3-5-10)22-14(11)17(24)27-13-9-26-15-12(23)8-25-16(13)15;1-22(18)12-14-2-5(13)8(15-12)11(17)21-7-4-20-9-6(16)3-19-10(7)9;1-21-12-14-2-5(13)8(15-12)11(17)20-7-4-19-9-6(16)3-18-10(7)9;8-6-7-4-2-1-3-5-7;1-12-6-8-2-3(7)4(9-6)5(10)11;7-3-1-9-6-4(8)2-10-5(3)6;1-3-2;2*1-2;;;;/h1-5,7,12-13,15-16,23H,6,8-9H2,(H,20,21,22);2,6-7,9-10,16H,3-4H2,1H3;2,6-7,9-10,16H,3-4H2,1H3;1-5H,6,8H2;2H,1H3,(H,10,11);3-8H,1-2H2;1,3H2,2H3;2*1-2H3;3*1H;/q;;;;;;-1;;;;;;+3/p-3/t12-,13-,15+,16+;6-,7-,9+,10+,22?;6-,7-,9+,10+;;;3-,4+,5-,6-;;;;;;;/m000..1......./s1. The molecule has 2 aromatic carbocycles. The molecule has 8 aliphatic heterocycles. The van der Waals surface area contributed by atoms with Crippen LogP contribution in [0.2, 0.25) is 0 Å². The van der Waals surface area contributed by atoms with Crippen molar-refractivity contribution in [3.05, 3.63) is 144 Å². The summed E-state index contributed by atoms with van der Waals surface area (Å²) in [5.41, 5.74) is 7.87. The molecule has 0 radical (unpaired) electrons. The molecule has 614 valence electrons. The van der Waals surface area contributed by atoms with Crippen molar-refractivity contribution in [2.45, 2.75) is 167 Å². The topological polar surface area (TPSA) is 449 Å². The van der Waals surface area contributed by atoms with Crippen LogP contribution < -0.4 is 11.1 Å². The fourth-order valence-corrected chi connectivity index (χ4v) is 13.0. The third-order valence-corrected chi connectivity index (χ3v) is 19.6. The molecule has 1 unspecified atom stereocenters. The van der Waals surface area contributed by atoms with Gasteiger partial charge in [0, 0.05) is 44.1 Å². The number of aliphatic hydroxyl groups excluding tert-OH is 5. The Morgan fingerprint density at radius 2 is 0.820 bits per heavy atom. The van der Waals surface area contributed by atoms with Crippen molar-refractivity contribution in [3.63, 3.8) is 0 Å². The van der Waals surface area contributed by atoms with Crippen LogP contribution >= 0.6 is 147 Å². The van der Waals surface area contributed by atoms with E-state index in [2.05, 4.69) is 176 Å². The molecule has 0 amide bonds. The van der Waals surface area contributed by atoms with E-state index >= 15 is 0 Å². The Morgan fingerprint density at radius 1 is 0.523 bits per heavy atom. The summed E-state index contributed by atoms with van der Waals surface area (Å²) in [5, 5.41) is 60.1. The number of benzene rings is 2. The van der Waals surface area contributed by atoms with Crippen LogP contribution in [-0.2, 0) is 80.9 Å². The van der Waals surface area contributed by atoms with E-state index in [-0.39, 0.29) is 97.9 Å². The first-order valence-electron chi connectivity index (χ1n) is 34.0. The molecule has 0 saturated carbocycles. The third-order valence-electron chi connectivity index (χ3n) is 15.4. The molecule has 0 aliphatic carbocycles. The van der Waals surface area contributed by atoms with Gasteiger partial charge in [-0.15, -0.1) is 0 Å². The van der Waals surface area contributed by atoms with Crippen molar-refractivity contribution in [2.24, 2.45) is 5.73 Å².